The second kappa shape index (κ2) is 9.27. The minimum Gasteiger partial charge on any atom is -0.303 e. The van der Waals surface area contributed by atoms with E-state index in [0.717, 1.165) is 60.1 Å². The Hall–Kier alpha value is -3.32. The second-order valence-corrected chi connectivity index (χ2v) is 9.02. The van der Waals surface area contributed by atoms with Crippen molar-refractivity contribution in [1.82, 2.24) is 29.4 Å². The van der Waals surface area contributed by atoms with Gasteiger partial charge in [-0.15, -0.1) is 0 Å². The quantitative estimate of drug-likeness (QED) is 0.399. The third-order valence-corrected chi connectivity index (χ3v) is 6.55. The van der Waals surface area contributed by atoms with Crippen LogP contribution in [-0.4, -0.2) is 54.9 Å². The van der Waals surface area contributed by atoms with E-state index in [1.807, 2.05) is 42.6 Å². The van der Waals surface area contributed by atoms with Gasteiger partial charge in [0.25, 0.3) is 0 Å². The monoisotopic (exact) mass is 442 g/mol. The maximum absolute atomic E-state index is 13.0. The van der Waals surface area contributed by atoms with Crippen LogP contribution in [0.5, 0.6) is 0 Å². The van der Waals surface area contributed by atoms with Crippen LogP contribution in [0, 0.1) is 0 Å². The number of rotatable bonds is 7. The SMILES string of the molecule is CCCN1CCC(n2cc(C(=O)Cc3cc4cc(-c5cnn(C)c5)ccc4cn3)cn2)CC1. The van der Waals surface area contributed by atoms with Crippen molar-refractivity contribution in [2.24, 2.45) is 7.05 Å². The molecule has 0 unspecified atom stereocenters. The molecule has 0 amide bonds. The summed E-state index contributed by atoms with van der Waals surface area (Å²) < 4.78 is 3.79. The number of carbonyl (C=O) groups is 1. The zero-order valence-electron chi connectivity index (χ0n) is 19.3. The number of carbonyl (C=O) groups excluding carboxylic acids is 1. The van der Waals surface area contributed by atoms with E-state index in [-0.39, 0.29) is 12.2 Å². The molecule has 0 aliphatic carbocycles. The number of likely N-dealkylation sites (tertiary alicyclic amines) is 1. The number of pyridine rings is 1. The molecule has 0 spiro atoms. The summed E-state index contributed by atoms with van der Waals surface area (Å²) in [6.07, 6.45) is 13.0. The lowest BCUT2D eigenvalue weighted by Gasteiger charge is -2.31. The summed E-state index contributed by atoms with van der Waals surface area (Å²) in [5, 5.41) is 10.9. The molecule has 1 saturated heterocycles. The van der Waals surface area contributed by atoms with E-state index < -0.39 is 0 Å². The first-order chi connectivity index (χ1) is 16.1. The predicted molar refractivity (Wildman–Crippen MR) is 129 cm³/mol. The molecular weight excluding hydrogens is 412 g/mol. The summed E-state index contributed by atoms with van der Waals surface area (Å²) in [6.45, 7) is 5.59. The first kappa shape index (κ1) is 21.5. The molecule has 4 heterocycles. The molecule has 7 heteroatoms. The molecule has 0 N–H and O–H groups in total. The fraction of sp³-hybridized carbons (Fsp3) is 0.385. The zero-order valence-corrected chi connectivity index (χ0v) is 19.3. The predicted octanol–water partition coefficient (Wildman–Crippen LogP) is 4.30. The van der Waals surface area contributed by atoms with Crippen molar-refractivity contribution in [3.05, 3.63) is 66.5 Å². The van der Waals surface area contributed by atoms with Crippen LogP contribution in [0.3, 0.4) is 0 Å². The number of ketones is 1. The highest BCUT2D eigenvalue weighted by atomic mass is 16.1. The first-order valence-corrected chi connectivity index (χ1v) is 11.8. The van der Waals surface area contributed by atoms with Gasteiger partial charge in [0.1, 0.15) is 0 Å². The van der Waals surface area contributed by atoms with Crippen LogP contribution < -0.4 is 0 Å². The lowest BCUT2D eigenvalue weighted by atomic mass is 10.0. The summed E-state index contributed by atoms with van der Waals surface area (Å²) in [5.74, 6) is 0.0555. The molecule has 1 aliphatic heterocycles. The molecular formula is C26H30N6O. The van der Waals surface area contributed by atoms with Crippen LogP contribution in [0.2, 0.25) is 0 Å². The Labute approximate surface area is 194 Å². The summed E-state index contributed by atoms with van der Waals surface area (Å²) >= 11 is 0. The van der Waals surface area contributed by atoms with Crippen LogP contribution in [0.15, 0.2) is 55.2 Å². The van der Waals surface area contributed by atoms with E-state index in [1.165, 1.54) is 6.42 Å². The van der Waals surface area contributed by atoms with Crippen molar-refractivity contribution in [1.29, 1.82) is 0 Å². The number of piperidine rings is 1. The summed E-state index contributed by atoms with van der Waals surface area (Å²) in [6, 6.07) is 8.66. The fourth-order valence-corrected chi connectivity index (χ4v) is 4.71. The minimum atomic E-state index is 0.0555. The van der Waals surface area contributed by atoms with Crippen LogP contribution in [-0.2, 0) is 13.5 Å². The highest BCUT2D eigenvalue weighted by molar-refractivity contribution is 5.97. The molecule has 0 atom stereocenters. The summed E-state index contributed by atoms with van der Waals surface area (Å²) in [5.41, 5.74) is 3.61. The standard InChI is InChI=1S/C26H30N6O/c1-3-8-31-9-6-25(7-10-31)32-18-23(16-29-32)26(33)13-24-12-21-11-19(4-5-20(21)14-27-24)22-15-28-30(2)17-22/h4-5,11-12,14-18,25H,3,6-10,13H2,1-2H3. The van der Waals surface area contributed by atoms with Crippen molar-refractivity contribution in [2.75, 3.05) is 19.6 Å². The number of aryl methyl sites for hydroxylation is 1. The number of aromatic nitrogens is 5. The Bertz CT molecular complexity index is 1260. The number of Topliss-reactive ketones (excluding diaryl/α,β-unsaturated/α-hetero) is 1. The fourth-order valence-electron chi connectivity index (χ4n) is 4.71. The third kappa shape index (κ3) is 4.73. The normalized spacial score (nSPS) is 15.3. The molecule has 0 radical (unpaired) electrons. The van der Waals surface area contributed by atoms with Gasteiger partial charge in [-0.3, -0.25) is 19.1 Å². The lowest BCUT2D eigenvalue weighted by molar-refractivity contribution is 0.0991. The Kier molecular flexibility index (Phi) is 6.05. The van der Waals surface area contributed by atoms with Gasteiger partial charge >= 0.3 is 0 Å². The topological polar surface area (TPSA) is 68.8 Å². The van der Waals surface area contributed by atoms with Crippen molar-refractivity contribution >= 4 is 16.6 Å². The first-order valence-electron chi connectivity index (χ1n) is 11.8. The number of hydrogen-bond acceptors (Lipinski definition) is 5. The molecule has 1 aromatic carbocycles. The summed E-state index contributed by atoms with van der Waals surface area (Å²) in [7, 11) is 1.91. The van der Waals surface area contributed by atoms with Crippen molar-refractivity contribution < 1.29 is 4.79 Å². The molecule has 33 heavy (non-hydrogen) atoms. The number of hydrogen-bond donors (Lipinski definition) is 0. The second-order valence-electron chi connectivity index (χ2n) is 9.02. The highest BCUT2D eigenvalue weighted by Crippen LogP contribution is 2.25. The van der Waals surface area contributed by atoms with Gasteiger partial charge in [-0.1, -0.05) is 19.1 Å². The third-order valence-electron chi connectivity index (χ3n) is 6.55. The van der Waals surface area contributed by atoms with Gasteiger partial charge in [-0.05, 0) is 48.9 Å². The molecule has 1 aliphatic rings. The Morgan fingerprint density at radius 3 is 2.61 bits per heavy atom. The Morgan fingerprint density at radius 2 is 1.85 bits per heavy atom. The van der Waals surface area contributed by atoms with E-state index in [1.54, 1.807) is 10.9 Å². The number of benzene rings is 1. The highest BCUT2D eigenvalue weighted by Gasteiger charge is 2.21. The Balaban J connectivity index is 1.28. The van der Waals surface area contributed by atoms with Gasteiger partial charge in [0.2, 0.25) is 0 Å². The van der Waals surface area contributed by atoms with Crippen molar-refractivity contribution in [3.8, 4) is 11.1 Å². The van der Waals surface area contributed by atoms with Crippen LogP contribution in [0.4, 0.5) is 0 Å². The molecule has 1 fully saturated rings. The number of fused-ring (bicyclic) bond motifs is 1. The van der Waals surface area contributed by atoms with Crippen LogP contribution in [0.1, 0.15) is 48.3 Å². The number of nitrogens with zero attached hydrogens (tertiary/aromatic N) is 6. The molecule has 7 nitrogen and oxygen atoms in total. The molecule has 5 rings (SSSR count). The average molecular weight is 443 g/mol. The van der Waals surface area contributed by atoms with Crippen LogP contribution in [0.25, 0.3) is 21.9 Å². The van der Waals surface area contributed by atoms with Gasteiger partial charge in [0.05, 0.1) is 30.4 Å². The van der Waals surface area contributed by atoms with E-state index in [0.29, 0.717) is 11.6 Å². The van der Waals surface area contributed by atoms with Gasteiger partial charge in [0.15, 0.2) is 5.78 Å². The lowest BCUT2D eigenvalue weighted by Crippen LogP contribution is -2.35. The van der Waals surface area contributed by atoms with Crippen molar-refractivity contribution in [2.45, 2.75) is 38.6 Å². The molecule has 0 saturated carbocycles. The Morgan fingerprint density at radius 1 is 1.00 bits per heavy atom. The molecule has 0 bridgehead atoms. The minimum absolute atomic E-state index is 0.0555. The van der Waals surface area contributed by atoms with Gasteiger partial charge < -0.3 is 4.90 Å². The smallest absolute Gasteiger partial charge is 0.171 e. The van der Waals surface area contributed by atoms with Crippen molar-refractivity contribution in [3.63, 3.8) is 0 Å². The maximum atomic E-state index is 13.0. The van der Waals surface area contributed by atoms with Gasteiger partial charge in [-0.25, -0.2) is 0 Å². The van der Waals surface area contributed by atoms with E-state index >= 15 is 0 Å². The molecule has 4 aromatic rings. The van der Waals surface area contributed by atoms with Gasteiger partial charge in [-0.2, -0.15) is 10.2 Å². The summed E-state index contributed by atoms with van der Waals surface area (Å²) in [4.78, 5) is 20.0. The van der Waals surface area contributed by atoms with Crippen LogP contribution >= 0.6 is 0 Å². The molecule has 170 valence electrons. The molecule has 3 aromatic heterocycles. The maximum Gasteiger partial charge on any atom is 0.171 e. The zero-order chi connectivity index (χ0) is 22.8. The largest absolute Gasteiger partial charge is 0.303 e. The van der Waals surface area contributed by atoms with E-state index in [2.05, 4.69) is 45.2 Å². The average Bonchev–Trinajstić information content (AvgIpc) is 3.49. The van der Waals surface area contributed by atoms with E-state index in [4.69, 9.17) is 0 Å². The van der Waals surface area contributed by atoms with E-state index in [9.17, 15) is 4.79 Å². The van der Waals surface area contributed by atoms with Gasteiger partial charge in [0, 0.05) is 55.4 Å².